The highest BCUT2D eigenvalue weighted by atomic mass is 16.5. The molecular formula is C19H23N3O. The minimum Gasteiger partial charge on any atom is -0.492 e. The number of para-hydroxylation sites is 1. The molecule has 0 aliphatic rings. The van der Waals surface area contributed by atoms with Gasteiger partial charge in [0.2, 0.25) is 0 Å². The Kier molecular flexibility index (Phi) is 6.61. The molecule has 0 amide bonds. The van der Waals surface area contributed by atoms with Crippen LogP contribution in [0.4, 0.5) is 0 Å². The van der Waals surface area contributed by atoms with Crippen molar-refractivity contribution in [2.24, 2.45) is 0 Å². The van der Waals surface area contributed by atoms with Gasteiger partial charge >= 0.3 is 0 Å². The zero-order chi connectivity index (χ0) is 16.5. The fourth-order valence-electron chi connectivity index (χ4n) is 2.17. The number of ether oxygens (including phenoxy) is 1. The standard InChI is InChI=1S/C19H23N3O/c1-22(2)11-12-23-19-6-4-3-5-18(19)15-21-14-17-9-7-16(13-20)8-10-17/h3-10,21H,11-12,14-15H2,1-2H3. The molecule has 0 spiro atoms. The fraction of sp³-hybridized carbons (Fsp3) is 0.316. The molecule has 0 radical (unpaired) electrons. The van der Waals surface area contributed by atoms with Crippen LogP contribution in [0.15, 0.2) is 48.5 Å². The number of rotatable bonds is 8. The van der Waals surface area contributed by atoms with Crippen LogP contribution in [0.25, 0.3) is 0 Å². The number of benzene rings is 2. The van der Waals surface area contributed by atoms with Gasteiger partial charge in [0.25, 0.3) is 0 Å². The second kappa shape index (κ2) is 8.94. The van der Waals surface area contributed by atoms with E-state index in [2.05, 4.69) is 22.4 Å². The molecule has 4 heteroatoms. The van der Waals surface area contributed by atoms with Gasteiger partial charge in [0.05, 0.1) is 11.6 Å². The van der Waals surface area contributed by atoms with E-state index < -0.39 is 0 Å². The lowest BCUT2D eigenvalue weighted by atomic mass is 10.1. The number of hydrogen-bond donors (Lipinski definition) is 1. The number of nitrogens with zero attached hydrogens (tertiary/aromatic N) is 2. The zero-order valence-electron chi connectivity index (χ0n) is 13.7. The Bertz CT molecular complexity index is 644. The number of nitriles is 1. The smallest absolute Gasteiger partial charge is 0.123 e. The van der Waals surface area contributed by atoms with E-state index in [4.69, 9.17) is 10.00 Å². The molecule has 2 aromatic rings. The molecule has 4 nitrogen and oxygen atoms in total. The topological polar surface area (TPSA) is 48.3 Å². The Balaban J connectivity index is 1.86. The third-order valence-corrected chi connectivity index (χ3v) is 3.50. The fourth-order valence-corrected chi connectivity index (χ4v) is 2.17. The van der Waals surface area contributed by atoms with Gasteiger partial charge in [0.1, 0.15) is 12.4 Å². The summed E-state index contributed by atoms with van der Waals surface area (Å²) in [5.74, 6) is 0.932. The third-order valence-electron chi connectivity index (χ3n) is 3.50. The Morgan fingerprint density at radius 2 is 1.78 bits per heavy atom. The van der Waals surface area contributed by atoms with Gasteiger partial charge in [0.15, 0.2) is 0 Å². The van der Waals surface area contributed by atoms with Crippen molar-refractivity contribution in [3.63, 3.8) is 0 Å². The predicted molar refractivity (Wildman–Crippen MR) is 92.2 cm³/mol. The molecule has 0 unspecified atom stereocenters. The van der Waals surface area contributed by atoms with E-state index in [-0.39, 0.29) is 0 Å². The van der Waals surface area contributed by atoms with Crippen LogP contribution < -0.4 is 10.1 Å². The van der Waals surface area contributed by atoms with Crippen LogP contribution in [0.5, 0.6) is 5.75 Å². The van der Waals surface area contributed by atoms with Crippen molar-refractivity contribution in [1.29, 1.82) is 5.26 Å². The van der Waals surface area contributed by atoms with Crippen LogP contribution in [-0.2, 0) is 13.1 Å². The highest BCUT2D eigenvalue weighted by molar-refractivity contribution is 5.34. The van der Waals surface area contributed by atoms with Gasteiger partial charge < -0.3 is 15.0 Å². The first-order valence-electron chi connectivity index (χ1n) is 7.74. The molecule has 0 saturated heterocycles. The molecule has 0 aliphatic heterocycles. The molecule has 120 valence electrons. The van der Waals surface area contributed by atoms with Gasteiger partial charge in [-0.3, -0.25) is 0 Å². The summed E-state index contributed by atoms with van der Waals surface area (Å²) in [6.07, 6.45) is 0. The summed E-state index contributed by atoms with van der Waals surface area (Å²) < 4.78 is 5.86. The van der Waals surface area contributed by atoms with E-state index in [1.165, 1.54) is 0 Å². The van der Waals surface area contributed by atoms with Gasteiger partial charge in [0, 0.05) is 25.2 Å². The average molecular weight is 309 g/mol. The van der Waals surface area contributed by atoms with Crippen molar-refractivity contribution < 1.29 is 4.74 Å². The predicted octanol–water partition coefficient (Wildman–Crippen LogP) is 2.79. The van der Waals surface area contributed by atoms with Crippen molar-refractivity contribution in [2.75, 3.05) is 27.2 Å². The summed E-state index contributed by atoms with van der Waals surface area (Å²) in [5, 5.41) is 12.2. The van der Waals surface area contributed by atoms with E-state index >= 15 is 0 Å². The summed E-state index contributed by atoms with van der Waals surface area (Å²) in [5.41, 5.74) is 3.00. The highest BCUT2D eigenvalue weighted by Crippen LogP contribution is 2.17. The monoisotopic (exact) mass is 309 g/mol. The number of hydrogen-bond acceptors (Lipinski definition) is 4. The lowest BCUT2D eigenvalue weighted by Gasteiger charge is -2.14. The molecule has 0 aliphatic carbocycles. The van der Waals surface area contributed by atoms with Gasteiger partial charge in [-0.2, -0.15) is 5.26 Å². The molecule has 23 heavy (non-hydrogen) atoms. The maximum Gasteiger partial charge on any atom is 0.123 e. The van der Waals surface area contributed by atoms with E-state index in [0.29, 0.717) is 12.2 Å². The van der Waals surface area contributed by atoms with Crippen LogP contribution in [-0.4, -0.2) is 32.1 Å². The van der Waals surface area contributed by atoms with Crippen molar-refractivity contribution in [3.8, 4) is 11.8 Å². The van der Waals surface area contributed by atoms with Crippen LogP contribution in [0.2, 0.25) is 0 Å². The first-order valence-corrected chi connectivity index (χ1v) is 7.74. The number of nitrogens with one attached hydrogen (secondary N) is 1. The summed E-state index contributed by atoms with van der Waals surface area (Å²) in [6.45, 7) is 3.09. The summed E-state index contributed by atoms with van der Waals surface area (Å²) in [7, 11) is 4.07. The Hall–Kier alpha value is -2.35. The van der Waals surface area contributed by atoms with Crippen LogP contribution in [0, 0.1) is 11.3 Å². The lowest BCUT2D eigenvalue weighted by Crippen LogP contribution is -2.20. The molecule has 2 aromatic carbocycles. The molecular weight excluding hydrogens is 286 g/mol. The second-order valence-corrected chi connectivity index (χ2v) is 5.67. The van der Waals surface area contributed by atoms with Crippen molar-refractivity contribution in [1.82, 2.24) is 10.2 Å². The normalized spacial score (nSPS) is 10.5. The quantitative estimate of drug-likeness (QED) is 0.814. The van der Waals surface area contributed by atoms with Gasteiger partial charge in [-0.15, -0.1) is 0 Å². The van der Waals surface area contributed by atoms with Crippen LogP contribution in [0.3, 0.4) is 0 Å². The van der Waals surface area contributed by atoms with Crippen LogP contribution >= 0.6 is 0 Å². The molecule has 0 aromatic heterocycles. The summed E-state index contributed by atoms with van der Waals surface area (Å²) >= 11 is 0. The molecule has 0 fully saturated rings. The maximum atomic E-state index is 8.81. The van der Waals surface area contributed by atoms with Crippen molar-refractivity contribution >= 4 is 0 Å². The third kappa shape index (κ3) is 5.74. The van der Waals surface area contributed by atoms with Gasteiger partial charge in [-0.25, -0.2) is 0 Å². The van der Waals surface area contributed by atoms with E-state index in [1.54, 1.807) is 0 Å². The Morgan fingerprint density at radius 1 is 1.04 bits per heavy atom. The molecule has 0 bridgehead atoms. The Morgan fingerprint density at radius 3 is 2.48 bits per heavy atom. The molecule has 0 atom stereocenters. The van der Waals surface area contributed by atoms with Crippen LogP contribution in [0.1, 0.15) is 16.7 Å². The zero-order valence-corrected chi connectivity index (χ0v) is 13.7. The molecule has 0 saturated carbocycles. The highest BCUT2D eigenvalue weighted by Gasteiger charge is 2.03. The van der Waals surface area contributed by atoms with Crippen molar-refractivity contribution in [3.05, 3.63) is 65.2 Å². The van der Waals surface area contributed by atoms with E-state index in [0.717, 1.165) is 36.5 Å². The van der Waals surface area contributed by atoms with Gasteiger partial charge in [-0.05, 0) is 37.9 Å². The SMILES string of the molecule is CN(C)CCOc1ccccc1CNCc1ccc(C#N)cc1. The van der Waals surface area contributed by atoms with Gasteiger partial charge in [-0.1, -0.05) is 30.3 Å². The lowest BCUT2D eigenvalue weighted by molar-refractivity contribution is 0.259. The minimum absolute atomic E-state index is 0.680. The average Bonchev–Trinajstić information content (AvgIpc) is 2.56. The largest absolute Gasteiger partial charge is 0.492 e. The van der Waals surface area contributed by atoms with Crippen molar-refractivity contribution in [2.45, 2.75) is 13.1 Å². The molecule has 1 N–H and O–H groups in total. The molecule has 0 heterocycles. The summed E-state index contributed by atoms with van der Waals surface area (Å²) in [4.78, 5) is 2.10. The second-order valence-electron chi connectivity index (χ2n) is 5.67. The maximum absolute atomic E-state index is 8.81. The summed E-state index contributed by atoms with van der Waals surface area (Å²) in [6, 6.07) is 17.9. The Labute approximate surface area is 138 Å². The molecule has 2 rings (SSSR count). The number of likely N-dealkylation sites (N-methyl/N-ethyl adjacent to an activating group) is 1. The van der Waals surface area contributed by atoms with E-state index in [9.17, 15) is 0 Å². The minimum atomic E-state index is 0.680. The first-order chi connectivity index (χ1) is 11.2. The van der Waals surface area contributed by atoms with E-state index in [1.807, 2.05) is 56.6 Å². The first kappa shape index (κ1) is 17.0.